The summed E-state index contributed by atoms with van der Waals surface area (Å²) in [5.74, 6) is 0.258. The zero-order valence-corrected chi connectivity index (χ0v) is 22.1. The van der Waals surface area contributed by atoms with Crippen molar-refractivity contribution in [3.63, 3.8) is 0 Å². The lowest BCUT2D eigenvalue weighted by Gasteiger charge is -2.23. The summed E-state index contributed by atoms with van der Waals surface area (Å²) < 4.78 is 47.9. The molecule has 0 aliphatic carbocycles. The molecule has 8 N–H and O–H groups in total. The average molecular weight is 602 g/mol. The Morgan fingerprint density at radius 1 is 1.00 bits per heavy atom. The molecule has 4 unspecified atom stereocenters. The highest BCUT2D eigenvalue weighted by atomic mass is 31.2. The molecule has 0 saturated carbocycles. The largest absolute Gasteiger partial charge is 0.469 e. The van der Waals surface area contributed by atoms with Crippen molar-refractivity contribution in [3.05, 3.63) is 25.3 Å². The van der Waals surface area contributed by atoms with Crippen molar-refractivity contribution < 1.29 is 47.4 Å². The van der Waals surface area contributed by atoms with E-state index in [1.54, 1.807) is 4.57 Å². The Morgan fingerprint density at radius 3 is 2.52 bits per heavy atom. The number of aliphatic hydroxyl groups is 1. The molecule has 0 spiro atoms. The highest BCUT2D eigenvalue weighted by Gasteiger charge is 2.49. The van der Waals surface area contributed by atoms with Crippen LogP contribution in [0.5, 0.6) is 0 Å². The SMILES string of the molecule is Nc1ncnc2c1ncn2C1OC(COP(=O)(O)O)[C@H](OP(=O)(O)COCCn2cnc3ncnc(N)c32)C1O. The van der Waals surface area contributed by atoms with Crippen LogP contribution in [0, 0.1) is 0 Å². The molecule has 216 valence electrons. The number of hydrogen-bond donors (Lipinski definition) is 6. The number of phosphoric ester groups is 1. The number of ether oxygens (including phenoxy) is 2. The average Bonchev–Trinajstić information content (AvgIpc) is 3.58. The van der Waals surface area contributed by atoms with E-state index >= 15 is 0 Å². The van der Waals surface area contributed by atoms with E-state index in [0.717, 1.165) is 6.33 Å². The first kappa shape index (κ1) is 28.4. The van der Waals surface area contributed by atoms with Crippen LogP contribution in [0.2, 0.25) is 0 Å². The number of phosphoric acid groups is 1. The summed E-state index contributed by atoms with van der Waals surface area (Å²) in [4.78, 5) is 52.7. The first-order valence-electron chi connectivity index (χ1n) is 11.4. The first-order valence-corrected chi connectivity index (χ1v) is 14.7. The van der Waals surface area contributed by atoms with Gasteiger partial charge in [0.05, 0.1) is 25.9 Å². The normalized spacial score (nSPS) is 23.2. The summed E-state index contributed by atoms with van der Waals surface area (Å²) in [6.07, 6.45) is -1.58. The van der Waals surface area contributed by atoms with E-state index < -0.39 is 52.9 Å². The summed E-state index contributed by atoms with van der Waals surface area (Å²) >= 11 is 0. The van der Waals surface area contributed by atoms with Gasteiger partial charge >= 0.3 is 15.4 Å². The molecule has 22 heteroatoms. The Labute approximate surface area is 223 Å². The minimum atomic E-state index is -4.96. The predicted molar refractivity (Wildman–Crippen MR) is 133 cm³/mol. The van der Waals surface area contributed by atoms with Gasteiger partial charge < -0.3 is 45.3 Å². The van der Waals surface area contributed by atoms with Crippen LogP contribution in [0.15, 0.2) is 25.3 Å². The zero-order valence-electron chi connectivity index (χ0n) is 20.3. The lowest BCUT2D eigenvalue weighted by atomic mass is 10.1. The van der Waals surface area contributed by atoms with Gasteiger partial charge in [-0.15, -0.1) is 0 Å². The molecule has 0 aromatic carbocycles. The van der Waals surface area contributed by atoms with Gasteiger partial charge in [0.2, 0.25) is 0 Å². The molecule has 1 fully saturated rings. The van der Waals surface area contributed by atoms with Gasteiger partial charge in [0.1, 0.15) is 48.3 Å². The third kappa shape index (κ3) is 5.96. The van der Waals surface area contributed by atoms with Crippen LogP contribution in [-0.4, -0.2) is 96.7 Å². The molecule has 1 saturated heterocycles. The maximum Gasteiger partial charge on any atom is 0.469 e. The molecule has 0 radical (unpaired) electrons. The fourth-order valence-corrected chi connectivity index (χ4v) is 5.51. The summed E-state index contributed by atoms with van der Waals surface area (Å²) in [7, 11) is -9.52. The van der Waals surface area contributed by atoms with Crippen molar-refractivity contribution in [1.82, 2.24) is 39.0 Å². The highest BCUT2D eigenvalue weighted by molar-refractivity contribution is 7.52. The molecule has 40 heavy (non-hydrogen) atoms. The first-order chi connectivity index (χ1) is 18.9. The number of nitrogen functional groups attached to an aromatic ring is 2. The van der Waals surface area contributed by atoms with Crippen molar-refractivity contribution in [2.75, 3.05) is 31.0 Å². The zero-order chi connectivity index (χ0) is 28.7. The number of aliphatic hydroxyl groups excluding tert-OH is 1. The van der Waals surface area contributed by atoms with Crippen LogP contribution in [0.3, 0.4) is 0 Å². The van der Waals surface area contributed by atoms with Crippen LogP contribution >= 0.6 is 15.4 Å². The van der Waals surface area contributed by atoms with Gasteiger partial charge in [-0.1, -0.05) is 0 Å². The number of imidazole rings is 2. The number of hydrogen-bond acceptors (Lipinski definition) is 15. The Hall–Kier alpha value is -3.16. The highest BCUT2D eigenvalue weighted by Crippen LogP contribution is 2.48. The van der Waals surface area contributed by atoms with Gasteiger partial charge in [0.15, 0.2) is 29.2 Å². The van der Waals surface area contributed by atoms with E-state index in [-0.39, 0.29) is 36.0 Å². The molecule has 1 aliphatic heterocycles. The topological polar surface area (TPSA) is 291 Å². The molecule has 0 amide bonds. The summed E-state index contributed by atoms with van der Waals surface area (Å²) in [5, 5.41) is 11.0. The van der Waals surface area contributed by atoms with Gasteiger partial charge in [-0.2, -0.15) is 0 Å². The predicted octanol–water partition coefficient (Wildman–Crippen LogP) is -1.26. The Balaban J connectivity index is 1.27. The Bertz CT molecular complexity index is 1610. The third-order valence-electron chi connectivity index (χ3n) is 5.83. The number of rotatable bonds is 11. The van der Waals surface area contributed by atoms with E-state index in [0.29, 0.717) is 11.2 Å². The standard InChI is InChI=1S/C18H24N10O10P2/c19-14-10-17(24-5-21-14)28(7-25-10)18-12(29)13(9(37-18)3-36-40(32,33)34)38-39(30,31)8-35-2-1-27-6-26-16-11(27)15(20)22-4-23-16/h4-7,9,12-13,18,29H,1-3,8H2,(H,30,31)(H2,19,21,24)(H2,20,22,23)(H2,32,33,34)/t9?,12?,13-,18?/m0/s1. The lowest BCUT2D eigenvalue weighted by molar-refractivity contribution is -0.0500. The Morgan fingerprint density at radius 2 is 1.75 bits per heavy atom. The summed E-state index contributed by atoms with van der Waals surface area (Å²) in [5.41, 5.74) is 12.9. The molecule has 20 nitrogen and oxygen atoms in total. The molecule has 5 rings (SSSR count). The van der Waals surface area contributed by atoms with Crippen LogP contribution in [0.25, 0.3) is 22.3 Å². The van der Waals surface area contributed by atoms with E-state index in [1.165, 1.54) is 23.5 Å². The molecule has 0 bridgehead atoms. The van der Waals surface area contributed by atoms with Crippen molar-refractivity contribution in [2.45, 2.75) is 31.1 Å². The van der Waals surface area contributed by atoms with Crippen molar-refractivity contribution in [3.8, 4) is 0 Å². The van der Waals surface area contributed by atoms with Gasteiger partial charge in [0.25, 0.3) is 0 Å². The van der Waals surface area contributed by atoms with Gasteiger partial charge in [-0.3, -0.25) is 18.2 Å². The number of nitrogens with zero attached hydrogens (tertiary/aromatic N) is 8. The van der Waals surface area contributed by atoms with Crippen LogP contribution in [0.1, 0.15) is 6.23 Å². The summed E-state index contributed by atoms with van der Waals surface area (Å²) in [6.45, 7) is -0.667. The van der Waals surface area contributed by atoms with Gasteiger partial charge in [0, 0.05) is 6.54 Å². The van der Waals surface area contributed by atoms with E-state index in [1.807, 2.05) is 0 Å². The second kappa shape index (κ2) is 11.0. The fourth-order valence-electron chi connectivity index (χ4n) is 4.11. The maximum atomic E-state index is 12.9. The summed E-state index contributed by atoms with van der Waals surface area (Å²) in [6, 6.07) is 0. The number of fused-ring (bicyclic) bond motifs is 2. The fraction of sp³-hybridized carbons (Fsp3) is 0.444. The van der Waals surface area contributed by atoms with E-state index in [4.69, 9.17) is 35.3 Å². The third-order valence-corrected chi connectivity index (χ3v) is 7.40. The van der Waals surface area contributed by atoms with E-state index in [9.17, 15) is 19.1 Å². The van der Waals surface area contributed by atoms with Crippen LogP contribution in [0.4, 0.5) is 11.6 Å². The molecule has 5 atom stereocenters. The van der Waals surface area contributed by atoms with Crippen molar-refractivity contribution in [2.24, 2.45) is 0 Å². The quantitative estimate of drug-likeness (QED) is 0.0862. The number of nitrogens with two attached hydrogens (primary N) is 2. The van der Waals surface area contributed by atoms with E-state index in [2.05, 4.69) is 34.4 Å². The number of aromatic nitrogens is 8. The second-order valence-corrected chi connectivity index (χ2v) is 11.5. The monoisotopic (exact) mass is 602 g/mol. The smallest absolute Gasteiger partial charge is 0.386 e. The molecule has 1 aliphatic rings. The van der Waals surface area contributed by atoms with Gasteiger partial charge in [-0.05, 0) is 0 Å². The Kier molecular flexibility index (Phi) is 7.81. The lowest BCUT2D eigenvalue weighted by Crippen LogP contribution is -2.36. The molecular weight excluding hydrogens is 578 g/mol. The maximum absolute atomic E-state index is 12.9. The van der Waals surface area contributed by atoms with Crippen molar-refractivity contribution >= 4 is 49.4 Å². The molecule has 5 heterocycles. The van der Waals surface area contributed by atoms with Crippen molar-refractivity contribution in [1.29, 1.82) is 0 Å². The molecule has 4 aromatic heterocycles. The van der Waals surface area contributed by atoms with Gasteiger partial charge in [-0.25, -0.2) is 34.5 Å². The number of anilines is 2. The minimum Gasteiger partial charge on any atom is -0.386 e. The van der Waals surface area contributed by atoms with Crippen LogP contribution < -0.4 is 11.5 Å². The van der Waals surface area contributed by atoms with Crippen LogP contribution in [-0.2, 0) is 34.2 Å². The molecular formula is C18H24N10O10P2. The second-order valence-electron chi connectivity index (χ2n) is 8.54. The molecule has 4 aromatic rings. The minimum absolute atomic E-state index is 0.0568.